The van der Waals surface area contributed by atoms with Crippen LogP contribution in [0, 0.1) is 10.1 Å². The Hall–Kier alpha value is -3.73. The molecule has 0 saturated carbocycles. The van der Waals surface area contributed by atoms with Gasteiger partial charge >= 0.3 is 5.82 Å². The Morgan fingerprint density at radius 3 is 2.90 bits per heavy atom. The van der Waals surface area contributed by atoms with Crippen LogP contribution >= 0.6 is 0 Å². The van der Waals surface area contributed by atoms with Crippen LogP contribution in [0.4, 0.5) is 5.82 Å². The van der Waals surface area contributed by atoms with Crippen LogP contribution in [0.25, 0.3) is 28.3 Å². The zero-order valence-corrected chi connectivity index (χ0v) is 15.2. The quantitative estimate of drug-likeness (QED) is 0.383. The Labute approximate surface area is 164 Å². The van der Waals surface area contributed by atoms with Crippen LogP contribution in [0.1, 0.15) is 25.5 Å². The van der Waals surface area contributed by atoms with Gasteiger partial charge in [0, 0.05) is 6.61 Å². The molecule has 11 nitrogen and oxygen atoms in total. The number of hydrogen-bond acceptors (Lipinski definition) is 8. The van der Waals surface area contributed by atoms with Crippen LogP contribution in [0.5, 0.6) is 0 Å². The number of nitro groups is 1. The molecular formula is C18H16N8O3. The summed E-state index contributed by atoms with van der Waals surface area (Å²) in [4.78, 5) is 20.6. The van der Waals surface area contributed by atoms with E-state index in [1.807, 2.05) is 0 Å². The van der Waals surface area contributed by atoms with Crippen molar-refractivity contribution in [3.63, 3.8) is 0 Å². The van der Waals surface area contributed by atoms with Gasteiger partial charge in [-0.3, -0.25) is 0 Å². The average Bonchev–Trinajstić information content (AvgIpc) is 3.41. The van der Waals surface area contributed by atoms with E-state index < -0.39 is 4.92 Å². The highest BCUT2D eigenvalue weighted by Gasteiger charge is 2.20. The Balaban J connectivity index is 1.49. The van der Waals surface area contributed by atoms with Crippen LogP contribution in [0.3, 0.4) is 0 Å². The van der Waals surface area contributed by atoms with Crippen LogP contribution in [-0.4, -0.2) is 46.1 Å². The van der Waals surface area contributed by atoms with Crippen molar-refractivity contribution in [1.29, 1.82) is 0 Å². The predicted molar refractivity (Wildman–Crippen MR) is 101 cm³/mol. The number of imidazole rings is 1. The molecule has 146 valence electrons. The maximum Gasteiger partial charge on any atom is 0.372 e. The molecule has 5 rings (SSSR count). The summed E-state index contributed by atoms with van der Waals surface area (Å²) in [6.07, 6.45) is 7.55. The first kappa shape index (κ1) is 17.4. The Bertz CT molecular complexity index is 1190. The van der Waals surface area contributed by atoms with Gasteiger partial charge in [0.2, 0.25) is 0 Å². The first-order valence-electron chi connectivity index (χ1n) is 9.19. The predicted octanol–water partition coefficient (Wildman–Crippen LogP) is 2.66. The molecule has 0 amide bonds. The molecule has 0 bridgehead atoms. The van der Waals surface area contributed by atoms with E-state index in [-0.39, 0.29) is 12.0 Å². The van der Waals surface area contributed by atoms with Crippen molar-refractivity contribution in [2.45, 2.75) is 25.5 Å². The van der Waals surface area contributed by atoms with Gasteiger partial charge in [0.05, 0.1) is 23.7 Å². The lowest BCUT2D eigenvalue weighted by Gasteiger charge is -2.21. The molecule has 1 atom stereocenters. The fourth-order valence-electron chi connectivity index (χ4n) is 3.33. The van der Waals surface area contributed by atoms with Gasteiger partial charge in [0.1, 0.15) is 17.6 Å². The summed E-state index contributed by atoms with van der Waals surface area (Å²) in [6, 6.07) is 6.82. The number of rotatable bonds is 4. The summed E-state index contributed by atoms with van der Waals surface area (Å²) in [5.74, 6) is -0.244. The molecule has 4 aromatic heterocycles. The first-order valence-corrected chi connectivity index (χ1v) is 9.19. The van der Waals surface area contributed by atoms with Gasteiger partial charge in [0.25, 0.3) is 0 Å². The molecule has 0 aromatic carbocycles. The van der Waals surface area contributed by atoms with E-state index in [1.54, 1.807) is 46.0 Å². The van der Waals surface area contributed by atoms with Crippen LogP contribution < -0.4 is 0 Å². The molecule has 1 fully saturated rings. The summed E-state index contributed by atoms with van der Waals surface area (Å²) in [5.41, 5.74) is 2.55. The maximum atomic E-state index is 11.2. The number of nitrogens with zero attached hydrogens (tertiary/aromatic N) is 8. The zero-order chi connectivity index (χ0) is 19.8. The minimum absolute atomic E-state index is 0.146. The highest BCUT2D eigenvalue weighted by Crippen LogP contribution is 2.27. The highest BCUT2D eigenvalue weighted by atomic mass is 16.6. The smallest absolute Gasteiger partial charge is 0.358 e. The van der Waals surface area contributed by atoms with E-state index in [0.29, 0.717) is 34.9 Å². The van der Waals surface area contributed by atoms with Crippen molar-refractivity contribution in [1.82, 2.24) is 34.6 Å². The van der Waals surface area contributed by atoms with Gasteiger partial charge in [-0.1, -0.05) is 0 Å². The molecule has 29 heavy (non-hydrogen) atoms. The lowest BCUT2D eigenvalue weighted by atomic mass is 10.2. The van der Waals surface area contributed by atoms with Crippen molar-refractivity contribution in [3.05, 3.63) is 53.0 Å². The maximum absolute atomic E-state index is 11.2. The molecule has 1 saturated heterocycles. The van der Waals surface area contributed by atoms with Crippen molar-refractivity contribution < 1.29 is 9.66 Å². The average molecular weight is 392 g/mol. The van der Waals surface area contributed by atoms with Crippen LogP contribution in [0.2, 0.25) is 0 Å². The second kappa shape index (κ2) is 7.02. The summed E-state index contributed by atoms with van der Waals surface area (Å²) in [7, 11) is 0. The molecule has 0 aliphatic carbocycles. The van der Waals surface area contributed by atoms with Gasteiger partial charge in [-0.25, -0.2) is 9.50 Å². The standard InChI is InChI=1S/C18H16N8O3/c27-26(28)18-12(4-3-8-19-18)15-11-24-16(21-15)7-6-13(22-24)14-10-20-25(23-14)17-5-1-2-9-29-17/h3-4,6-8,10-11,17H,1-2,5,9H2. The normalized spacial score (nSPS) is 16.9. The summed E-state index contributed by atoms with van der Waals surface area (Å²) in [6.45, 7) is 0.712. The molecule has 4 aromatic rings. The zero-order valence-electron chi connectivity index (χ0n) is 15.2. The summed E-state index contributed by atoms with van der Waals surface area (Å²) < 4.78 is 7.27. The minimum Gasteiger partial charge on any atom is -0.358 e. The lowest BCUT2D eigenvalue weighted by molar-refractivity contribution is -0.388. The summed E-state index contributed by atoms with van der Waals surface area (Å²) >= 11 is 0. The third kappa shape index (κ3) is 3.21. The SMILES string of the molecule is O=[N+]([O-])c1ncccc1-c1cn2nc(-c3cnn(C4CCCCO4)n3)ccc2n1. The Morgan fingerprint density at radius 2 is 2.07 bits per heavy atom. The van der Waals surface area contributed by atoms with Crippen molar-refractivity contribution >= 4 is 11.5 Å². The van der Waals surface area contributed by atoms with E-state index in [4.69, 9.17) is 4.74 Å². The number of hydrogen-bond donors (Lipinski definition) is 0. The van der Waals surface area contributed by atoms with E-state index in [0.717, 1.165) is 19.3 Å². The van der Waals surface area contributed by atoms with Crippen molar-refractivity contribution in [3.8, 4) is 22.6 Å². The second-order valence-electron chi connectivity index (χ2n) is 6.65. The molecule has 1 aliphatic rings. The third-order valence-corrected chi connectivity index (χ3v) is 4.74. The Morgan fingerprint density at radius 1 is 1.14 bits per heavy atom. The topological polar surface area (TPSA) is 126 Å². The molecular weight excluding hydrogens is 376 g/mol. The largest absolute Gasteiger partial charge is 0.372 e. The number of fused-ring (bicyclic) bond motifs is 1. The van der Waals surface area contributed by atoms with E-state index in [1.165, 1.54) is 6.20 Å². The monoisotopic (exact) mass is 392 g/mol. The summed E-state index contributed by atoms with van der Waals surface area (Å²) in [5, 5.41) is 24.6. The third-order valence-electron chi connectivity index (χ3n) is 4.74. The van der Waals surface area contributed by atoms with Crippen LogP contribution in [0.15, 0.2) is 42.9 Å². The second-order valence-corrected chi connectivity index (χ2v) is 6.65. The molecule has 5 heterocycles. The first-order chi connectivity index (χ1) is 14.2. The molecule has 0 N–H and O–H groups in total. The lowest BCUT2D eigenvalue weighted by Crippen LogP contribution is -2.20. The molecule has 1 aliphatic heterocycles. The molecule has 0 spiro atoms. The minimum atomic E-state index is -0.524. The Kier molecular flexibility index (Phi) is 4.21. The highest BCUT2D eigenvalue weighted by molar-refractivity contribution is 5.70. The number of ether oxygens (including phenoxy) is 1. The van der Waals surface area contributed by atoms with E-state index in [9.17, 15) is 10.1 Å². The van der Waals surface area contributed by atoms with Crippen molar-refractivity contribution in [2.24, 2.45) is 0 Å². The van der Waals surface area contributed by atoms with Crippen LogP contribution in [-0.2, 0) is 4.74 Å². The van der Waals surface area contributed by atoms with Gasteiger partial charge in [-0.05, 0) is 53.4 Å². The van der Waals surface area contributed by atoms with Gasteiger partial charge in [0.15, 0.2) is 11.9 Å². The molecule has 1 unspecified atom stereocenters. The molecule has 11 heteroatoms. The fraction of sp³-hybridized carbons (Fsp3) is 0.278. The fourth-order valence-corrected chi connectivity index (χ4v) is 3.33. The van der Waals surface area contributed by atoms with E-state index >= 15 is 0 Å². The van der Waals surface area contributed by atoms with E-state index in [2.05, 4.69) is 25.3 Å². The molecule has 0 radical (unpaired) electrons. The van der Waals surface area contributed by atoms with Gasteiger partial charge < -0.3 is 14.9 Å². The number of aromatic nitrogens is 7. The van der Waals surface area contributed by atoms with Crippen molar-refractivity contribution in [2.75, 3.05) is 6.61 Å². The number of pyridine rings is 1. The van der Waals surface area contributed by atoms with Gasteiger partial charge in [-0.2, -0.15) is 15.0 Å². The van der Waals surface area contributed by atoms with Gasteiger partial charge in [-0.15, -0.1) is 5.10 Å².